The molecule has 0 fully saturated rings. The molecule has 0 radical (unpaired) electrons. The van der Waals surface area contributed by atoms with Gasteiger partial charge in [0.2, 0.25) is 5.88 Å². The van der Waals surface area contributed by atoms with Gasteiger partial charge in [0.1, 0.15) is 11.4 Å². The first-order valence-corrected chi connectivity index (χ1v) is 12.3. The number of hydrogen-bond donors (Lipinski definition) is 2. The van der Waals surface area contributed by atoms with Gasteiger partial charge in [0, 0.05) is 43.1 Å². The number of anilines is 1. The molecule has 2 aromatic rings. The summed E-state index contributed by atoms with van der Waals surface area (Å²) in [6.45, 7) is 9.05. The van der Waals surface area contributed by atoms with Crippen LogP contribution in [0.1, 0.15) is 61.6 Å². The molecule has 7 nitrogen and oxygen atoms in total. The zero-order valence-electron chi connectivity index (χ0n) is 19.2. The van der Waals surface area contributed by atoms with Crippen molar-refractivity contribution in [2.24, 2.45) is 0 Å². The SMILES string of the molecule is CCNCc1c(F)cccc1N(CC)C(=O)c1cnc2c(c1)[C@@H](NS(C)=O)CC(C)(C)O2. The number of ether oxygens (including phenoxy) is 1. The van der Waals surface area contributed by atoms with Crippen molar-refractivity contribution in [3.05, 3.63) is 53.0 Å². The van der Waals surface area contributed by atoms with Gasteiger partial charge in [-0.2, -0.15) is 0 Å². The Kier molecular flexibility index (Phi) is 7.63. The first kappa shape index (κ1) is 24.3. The number of halogens is 1. The van der Waals surface area contributed by atoms with E-state index in [-0.39, 0.29) is 17.8 Å². The van der Waals surface area contributed by atoms with Crippen LogP contribution in [-0.4, -0.2) is 40.0 Å². The highest BCUT2D eigenvalue weighted by Crippen LogP contribution is 2.39. The van der Waals surface area contributed by atoms with Crippen LogP contribution in [0.4, 0.5) is 10.1 Å². The third kappa shape index (κ3) is 5.33. The molecule has 1 amide bonds. The Balaban J connectivity index is 1.99. The van der Waals surface area contributed by atoms with E-state index in [1.165, 1.54) is 12.3 Å². The van der Waals surface area contributed by atoms with Gasteiger partial charge < -0.3 is 15.0 Å². The van der Waals surface area contributed by atoms with E-state index in [1.807, 2.05) is 27.7 Å². The maximum absolute atomic E-state index is 14.6. The summed E-state index contributed by atoms with van der Waals surface area (Å²) < 4.78 is 35.5. The molecule has 0 saturated carbocycles. The average molecular weight is 463 g/mol. The summed E-state index contributed by atoms with van der Waals surface area (Å²) in [7, 11) is -1.25. The number of amides is 1. The summed E-state index contributed by atoms with van der Waals surface area (Å²) >= 11 is 0. The number of benzene rings is 1. The van der Waals surface area contributed by atoms with Gasteiger partial charge in [0.05, 0.1) is 28.3 Å². The van der Waals surface area contributed by atoms with Crippen molar-refractivity contribution >= 4 is 22.6 Å². The summed E-state index contributed by atoms with van der Waals surface area (Å²) in [5, 5.41) is 3.13. The maximum Gasteiger partial charge on any atom is 0.259 e. The highest BCUT2D eigenvalue weighted by Gasteiger charge is 2.36. The van der Waals surface area contributed by atoms with Crippen molar-refractivity contribution in [2.75, 3.05) is 24.2 Å². The molecular formula is C23H31FN4O3S. The Bertz CT molecular complexity index is 1010. The molecule has 0 saturated heterocycles. The number of nitrogens with one attached hydrogen (secondary N) is 2. The lowest BCUT2D eigenvalue weighted by molar-refractivity contribution is 0.0642. The number of carbonyl (C=O) groups is 1. The molecular weight excluding hydrogens is 431 g/mol. The van der Waals surface area contributed by atoms with Crippen LogP contribution >= 0.6 is 0 Å². The third-order valence-corrected chi connectivity index (χ3v) is 5.99. The van der Waals surface area contributed by atoms with Gasteiger partial charge in [-0.15, -0.1) is 0 Å². The van der Waals surface area contributed by atoms with Crippen LogP contribution in [0.5, 0.6) is 5.88 Å². The molecule has 1 aliphatic rings. The zero-order chi connectivity index (χ0) is 23.5. The molecule has 1 aromatic heterocycles. The van der Waals surface area contributed by atoms with E-state index >= 15 is 0 Å². The van der Waals surface area contributed by atoms with Crippen molar-refractivity contribution in [3.63, 3.8) is 0 Å². The van der Waals surface area contributed by atoms with E-state index in [0.717, 1.165) is 0 Å². The van der Waals surface area contributed by atoms with Gasteiger partial charge >= 0.3 is 0 Å². The van der Waals surface area contributed by atoms with Crippen molar-refractivity contribution in [1.29, 1.82) is 0 Å². The minimum atomic E-state index is -1.25. The number of hydrogen-bond acceptors (Lipinski definition) is 5. The smallest absolute Gasteiger partial charge is 0.259 e. The lowest BCUT2D eigenvalue weighted by atomic mass is 9.91. The molecule has 0 aliphatic carbocycles. The van der Waals surface area contributed by atoms with Crippen LogP contribution in [0.3, 0.4) is 0 Å². The van der Waals surface area contributed by atoms with Crippen molar-refractivity contribution < 1.29 is 18.1 Å². The lowest BCUT2D eigenvalue weighted by Crippen LogP contribution is -2.40. The molecule has 2 heterocycles. The molecule has 2 atom stereocenters. The summed E-state index contributed by atoms with van der Waals surface area (Å²) in [5.41, 5.74) is 1.54. The minimum Gasteiger partial charge on any atom is -0.471 e. The predicted molar refractivity (Wildman–Crippen MR) is 125 cm³/mol. The van der Waals surface area contributed by atoms with Crippen molar-refractivity contribution in [2.45, 2.75) is 52.3 Å². The average Bonchev–Trinajstić information content (AvgIpc) is 2.72. The first-order chi connectivity index (χ1) is 15.2. The summed E-state index contributed by atoms with van der Waals surface area (Å²) in [6.07, 6.45) is 3.63. The highest BCUT2D eigenvalue weighted by atomic mass is 32.2. The maximum atomic E-state index is 14.6. The number of nitrogens with zero attached hydrogens (tertiary/aromatic N) is 2. The molecule has 2 N–H and O–H groups in total. The molecule has 0 spiro atoms. The standard InChI is InChI=1S/C23H31FN4O3S/c1-6-25-14-17-18(24)9-8-10-20(17)28(7-2)22(29)15-11-16-19(27-32(5)30)12-23(3,4)31-21(16)26-13-15/h8-11,13,19,25,27H,6-7,12,14H2,1-5H3/t19-,32?/m0/s1. The second-order valence-corrected chi connectivity index (χ2v) is 9.52. The number of carbonyl (C=O) groups excluding carboxylic acids is 1. The van der Waals surface area contributed by atoms with Crippen LogP contribution in [-0.2, 0) is 17.5 Å². The summed E-state index contributed by atoms with van der Waals surface area (Å²) in [6, 6.07) is 6.21. The Labute approximate surface area is 191 Å². The zero-order valence-corrected chi connectivity index (χ0v) is 20.0. The summed E-state index contributed by atoms with van der Waals surface area (Å²) in [4.78, 5) is 19.4. The molecule has 1 aliphatic heterocycles. The van der Waals surface area contributed by atoms with Crippen LogP contribution in [0.25, 0.3) is 0 Å². The van der Waals surface area contributed by atoms with Gasteiger partial charge in [-0.3, -0.25) is 4.79 Å². The largest absolute Gasteiger partial charge is 0.471 e. The second-order valence-electron chi connectivity index (χ2n) is 8.38. The topological polar surface area (TPSA) is 83.6 Å². The highest BCUT2D eigenvalue weighted by molar-refractivity contribution is 7.82. The van der Waals surface area contributed by atoms with Crippen molar-refractivity contribution in [3.8, 4) is 5.88 Å². The Hall–Kier alpha value is -2.36. The van der Waals surface area contributed by atoms with E-state index < -0.39 is 16.6 Å². The predicted octanol–water partition coefficient (Wildman–Crippen LogP) is 3.48. The second kappa shape index (κ2) is 10.1. The molecule has 9 heteroatoms. The first-order valence-electron chi connectivity index (χ1n) is 10.7. The van der Waals surface area contributed by atoms with Crippen LogP contribution in [0.2, 0.25) is 0 Å². The number of rotatable bonds is 8. The fourth-order valence-corrected chi connectivity index (χ4v) is 4.55. The Morgan fingerprint density at radius 2 is 2.12 bits per heavy atom. The monoisotopic (exact) mass is 462 g/mol. The number of pyridine rings is 1. The van der Waals surface area contributed by atoms with Gasteiger partial charge in [-0.25, -0.2) is 18.3 Å². The summed E-state index contributed by atoms with van der Waals surface area (Å²) in [5.74, 6) is -0.224. The molecule has 32 heavy (non-hydrogen) atoms. The van der Waals surface area contributed by atoms with Gasteiger partial charge in [0.25, 0.3) is 5.91 Å². The molecule has 174 valence electrons. The number of aromatic nitrogens is 1. The van der Waals surface area contributed by atoms with Crippen LogP contribution in [0.15, 0.2) is 30.5 Å². The van der Waals surface area contributed by atoms with Crippen LogP contribution in [0, 0.1) is 5.82 Å². The number of fused-ring (bicyclic) bond motifs is 1. The minimum absolute atomic E-state index is 0.270. The van der Waals surface area contributed by atoms with Crippen molar-refractivity contribution in [1.82, 2.24) is 15.0 Å². The van der Waals surface area contributed by atoms with E-state index in [0.29, 0.717) is 54.3 Å². The lowest BCUT2D eigenvalue weighted by Gasteiger charge is -2.36. The molecule has 1 unspecified atom stereocenters. The van der Waals surface area contributed by atoms with Gasteiger partial charge in [-0.1, -0.05) is 13.0 Å². The van der Waals surface area contributed by atoms with E-state index in [9.17, 15) is 13.4 Å². The Morgan fingerprint density at radius 1 is 1.38 bits per heavy atom. The fraction of sp³-hybridized carbons (Fsp3) is 0.478. The normalized spacial score (nSPS) is 17.9. The fourth-order valence-electron chi connectivity index (χ4n) is 3.94. The molecule has 3 rings (SSSR count). The van der Waals surface area contributed by atoms with E-state index in [1.54, 1.807) is 29.4 Å². The quantitative estimate of drug-likeness (QED) is 0.628. The van der Waals surface area contributed by atoms with Gasteiger partial charge in [-0.05, 0) is 45.5 Å². The van der Waals surface area contributed by atoms with Crippen LogP contribution < -0.4 is 19.7 Å². The van der Waals surface area contributed by atoms with Gasteiger partial charge in [0.15, 0.2) is 0 Å². The molecule has 1 aromatic carbocycles. The Morgan fingerprint density at radius 3 is 2.78 bits per heavy atom. The third-order valence-electron chi connectivity index (χ3n) is 5.38. The van der Waals surface area contributed by atoms with E-state index in [4.69, 9.17) is 4.74 Å². The molecule has 0 bridgehead atoms. The van der Waals surface area contributed by atoms with E-state index in [2.05, 4.69) is 15.0 Å².